The second-order valence-electron chi connectivity index (χ2n) is 6.05. The van der Waals surface area contributed by atoms with Gasteiger partial charge in [-0.25, -0.2) is 4.39 Å². The van der Waals surface area contributed by atoms with Gasteiger partial charge in [-0.15, -0.1) is 12.4 Å². The number of hydrogen-bond acceptors (Lipinski definition) is 3. The molecule has 2 fully saturated rings. The molecule has 0 saturated carbocycles. The van der Waals surface area contributed by atoms with Crippen LogP contribution in [0, 0.1) is 12.7 Å². The van der Waals surface area contributed by atoms with Crippen LogP contribution in [0.1, 0.15) is 17.5 Å². The zero-order valence-corrected chi connectivity index (χ0v) is 13.5. The molecule has 0 aliphatic carbocycles. The third kappa shape index (κ3) is 4.16. The van der Waals surface area contributed by atoms with E-state index in [9.17, 15) is 4.39 Å². The number of halogens is 2. The van der Waals surface area contributed by atoms with Crippen molar-refractivity contribution in [3.8, 4) is 0 Å². The maximum atomic E-state index is 13.8. The van der Waals surface area contributed by atoms with Gasteiger partial charge >= 0.3 is 0 Å². The van der Waals surface area contributed by atoms with Gasteiger partial charge in [0.25, 0.3) is 0 Å². The van der Waals surface area contributed by atoms with Crippen LogP contribution >= 0.6 is 12.4 Å². The largest absolute Gasteiger partial charge is 0.315 e. The van der Waals surface area contributed by atoms with Crippen molar-refractivity contribution in [1.29, 1.82) is 0 Å². The first-order chi connectivity index (χ1) is 9.72. The summed E-state index contributed by atoms with van der Waals surface area (Å²) < 4.78 is 13.8. The number of hydrogen-bond donors (Lipinski definition) is 1. The first-order valence-electron chi connectivity index (χ1n) is 7.64. The van der Waals surface area contributed by atoms with Gasteiger partial charge in [0.15, 0.2) is 0 Å². The highest BCUT2D eigenvalue weighted by Gasteiger charge is 2.26. The predicted molar refractivity (Wildman–Crippen MR) is 86.5 cm³/mol. The lowest BCUT2D eigenvalue weighted by molar-refractivity contribution is 0.0974. The molecular weight excluding hydrogens is 289 g/mol. The molecule has 2 saturated heterocycles. The van der Waals surface area contributed by atoms with E-state index in [2.05, 4.69) is 15.1 Å². The van der Waals surface area contributed by atoms with Gasteiger partial charge in [-0.1, -0.05) is 17.7 Å². The SMILES string of the molecule is Cc1ccc(F)c(CN2CCN(C3CCNC3)CC2)c1.Cl. The van der Waals surface area contributed by atoms with Gasteiger partial charge in [-0.05, 0) is 26.0 Å². The molecule has 21 heavy (non-hydrogen) atoms. The van der Waals surface area contributed by atoms with Crippen molar-refractivity contribution in [1.82, 2.24) is 15.1 Å². The molecule has 0 bridgehead atoms. The second kappa shape index (κ2) is 7.54. The smallest absolute Gasteiger partial charge is 0.127 e. The standard InChI is InChI=1S/C16H24FN3.ClH/c1-13-2-3-16(17)14(10-13)12-19-6-8-20(9-7-19)15-4-5-18-11-15;/h2-3,10,15,18H,4-9,11-12H2,1H3;1H. The van der Waals surface area contributed by atoms with E-state index in [1.165, 1.54) is 6.42 Å². The highest BCUT2D eigenvalue weighted by atomic mass is 35.5. The average Bonchev–Trinajstić information content (AvgIpc) is 2.98. The van der Waals surface area contributed by atoms with Gasteiger partial charge in [-0.3, -0.25) is 9.80 Å². The van der Waals surface area contributed by atoms with Gasteiger partial charge in [-0.2, -0.15) is 0 Å². The van der Waals surface area contributed by atoms with E-state index in [1.807, 2.05) is 19.1 Å². The molecule has 0 aromatic heterocycles. The lowest BCUT2D eigenvalue weighted by Crippen LogP contribution is -2.50. The van der Waals surface area contributed by atoms with E-state index < -0.39 is 0 Å². The van der Waals surface area contributed by atoms with Crippen molar-refractivity contribution in [3.63, 3.8) is 0 Å². The number of nitrogens with zero attached hydrogens (tertiary/aromatic N) is 2. The molecule has 2 aliphatic heterocycles. The summed E-state index contributed by atoms with van der Waals surface area (Å²) in [5.74, 6) is -0.0713. The Hall–Kier alpha value is -0.680. The molecule has 1 atom stereocenters. The summed E-state index contributed by atoms with van der Waals surface area (Å²) >= 11 is 0. The highest BCUT2D eigenvalue weighted by Crippen LogP contribution is 2.16. The lowest BCUT2D eigenvalue weighted by atomic mass is 10.1. The van der Waals surface area contributed by atoms with Crippen LogP contribution in [-0.4, -0.2) is 55.1 Å². The van der Waals surface area contributed by atoms with Crippen molar-refractivity contribution in [3.05, 3.63) is 35.1 Å². The second-order valence-corrected chi connectivity index (χ2v) is 6.05. The van der Waals surface area contributed by atoms with Crippen LogP contribution in [0.4, 0.5) is 4.39 Å². The summed E-state index contributed by atoms with van der Waals surface area (Å²) in [6, 6.07) is 6.12. The molecule has 0 amide bonds. The normalized spacial score (nSPS) is 24.0. The number of benzene rings is 1. The Balaban J connectivity index is 0.00000161. The van der Waals surface area contributed by atoms with E-state index >= 15 is 0 Å². The fourth-order valence-corrected chi connectivity index (χ4v) is 3.30. The molecule has 3 nitrogen and oxygen atoms in total. The van der Waals surface area contributed by atoms with Crippen LogP contribution in [0.2, 0.25) is 0 Å². The van der Waals surface area contributed by atoms with Crippen molar-refractivity contribution in [2.75, 3.05) is 39.3 Å². The summed E-state index contributed by atoms with van der Waals surface area (Å²) in [7, 11) is 0. The van der Waals surface area contributed by atoms with Gasteiger partial charge in [0, 0.05) is 50.9 Å². The van der Waals surface area contributed by atoms with Crippen LogP contribution in [0.3, 0.4) is 0 Å². The van der Waals surface area contributed by atoms with Crippen molar-refractivity contribution < 1.29 is 4.39 Å². The molecule has 2 aliphatic rings. The van der Waals surface area contributed by atoms with Crippen LogP contribution in [0.25, 0.3) is 0 Å². The maximum Gasteiger partial charge on any atom is 0.127 e. The van der Waals surface area contributed by atoms with Crippen molar-refractivity contribution in [2.45, 2.75) is 25.9 Å². The Morgan fingerprint density at radius 1 is 1.24 bits per heavy atom. The summed E-state index contributed by atoms with van der Waals surface area (Å²) in [6.45, 7) is 9.36. The van der Waals surface area contributed by atoms with Gasteiger partial charge in [0.05, 0.1) is 0 Å². The number of nitrogens with one attached hydrogen (secondary N) is 1. The highest BCUT2D eigenvalue weighted by molar-refractivity contribution is 5.85. The Morgan fingerprint density at radius 3 is 2.67 bits per heavy atom. The quantitative estimate of drug-likeness (QED) is 0.921. The molecule has 5 heteroatoms. The molecule has 0 spiro atoms. The Kier molecular flexibility index (Phi) is 5.99. The van der Waals surface area contributed by atoms with Crippen LogP contribution in [0.5, 0.6) is 0 Å². The van der Waals surface area contributed by atoms with E-state index in [-0.39, 0.29) is 18.2 Å². The zero-order valence-electron chi connectivity index (χ0n) is 12.6. The van der Waals surface area contributed by atoms with Crippen LogP contribution in [0.15, 0.2) is 18.2 Å². The zero-order chi connectivity index (χ0) is 13.9. The van der Waals surface area contributed by atoms with Crippen LogP contribution in [-0.2, 0) is 6.54 Å². The minimum atomic E-state index is -0.0713. The summed E-state index contributed by atoms with van der Waals surface area (Å²) in [4.78, 5) is 4.96. The average molecular weight is 314 g/mol. The fraction of sp³-hybridized carbons (Fsp3) is 0.625. The predicted octanol–water partition coefficient (Wildman–Crippen LogP) is 2.04. The van der Waals surface area contributed by atoms with Gasteiger partial charge in [0.1, 0.15) is 5.82 Å². The first kappa shape index (κ1) is 16.7. The van der Waals surface area contributed by atoms with E-state index in [4.69, 9.17) is 0 Å². The van der Waals surface area contributed by atoms with E-state index in [0.29, 0.717) is 6.04 Å². The number of piperazine rings is 1. The molecule has 1 aromatic rings. The molecule has 1 N–H and O–H groups in total. The molecular formula is C16H25ClFN3. The van der Waals surface area contributed by atoms with Crippen molar-refractivity contribution >= 4 is 12.4 Å². The monoisotopic (exact) mass is 313 g/mol. The van der Waals surface area contributed by atoms with E-state index in [1.54, 1.807) is 6.07 Å². The topological polar surface area (TPSA) is 18.5 Å². The third-order valence-electron chi connectivity index (χ3n) is 4.55. The molecule has 1 unspecified atom stereocenters. The summed E-state index contributed by atoms with van der Waals surface area (Å²) in [5, 5.41) is 3.43. The molecule has 1 aromatic carbocycles. The van der Waals surface area contributed by atoms with Gasteiger partial charge < -0.3 is 5.32 Å². The Labute approximate surface area is 132 Å². The third-order valence-corrected chi connectivity index (χ3v) is 4.55. The molecule has 0 radical (unpaired) electrons. The van der Waals surface area contributed by atoms with E-state index in [0.717, 1.165) is 56.9 Å². The van der Waals surface area contributed by atoms with Gasteiger partial charge in [0.2, 0.25) is 0 Å². The minimum absolute atomic E-state index is 0. The minimum Gasteiger partial charge on any atom is -0.315 e. The fourth-order valence-electron chi connectivity index (χ4n) is 3.30. The van der Waals surface area contributed by atoms with Crippen LogP contribution < -0.4 is 5.32 Å². The summed E-state index contributed by atoms with van der Waals surface area (Å²) in [5.41, 5.74) is 1.97. The molecule has 2 heterocycles. The lowest BCUT2D eigenvalue weighted by Gasteiger charge is -2.37. The number of rotatable bonds is 3. The Morgan fingerprint density at radius 2 is 2.00 bits per heavy atom. The molecule has 3 rings (SSSR count). The molecule has 118 valence electrons. The Bertz CT molecular complexity index is 455. The summed E-state index contributed by atoms with van der Waals surface area (Å²) in [6.07, 6.45) is 1.27. The number of aryl methyl sites for hydroxylation is 1. The maximum absolute atomic E-state index is 13.8. The first-order valence-corrected chi connectivity index (χ1v) is 7.64. The van der Waals surface area contributed by atoms with Crippen molar-refractivity contribution in [2.24, 2.45) is 0 Å².